The number of aromatic amines is 1. The van der Waals surface area contributed by atoms with Crippen molar-refractivity contribution < 1.29 is 4.79 Å². The van der Waals surface area contributed by atoms with Crippen LogP contribution in [0.2, 0.25) is 0 Å². The first-order valence-electron chi connectivity index (χ1n) is 8.25. The Balaban J connectivity index is 2.01. The van der Waals surface area contributed by atoms with Gasteiger partial charge in [-0.15, -0.1) is 11.3 Å². The maximum absolute atomic E-state index is 12.6. The summed E-state index contributed by atoms with van der Waals surface area (Å²) in [7, 11) is 0. The van der Waals surface area contributed by atoms with Gasteiger partial charge in [-0.3, -0.25) is 9.59 Å². The average Bonchev–Trinajstić information content (AvgIpc) is 2.98. The second-order valence-electron chi connectivity index (χ2n) is 7.19. The molecule has 136 valence electrons. The Labute approximate surface area is 160 Å². The van der Waals surface area contributed by atoms with E-state index < -0.39 is 11.2 Å². The summed E-state index contributed by atoms with van der Waals surface area (Å²) in [4.78, 5) is 31.7. The average molecular weight is 388 g/mol. The molecular weight excluding hydrogens is 366 g/mol. The van der Waals surface area contributed by atoms with Crippen molar-refractivity contribution in [3.05, 3.63) is 45.6 Å². The Morgan fingerprint density at radius 3 is 2.50 bits per heavy atom. The SMILES string of the molecule is CC(Sc1nc2scc(-c3ccc(C(C)(C)C)cc3)c2c(=O)[nH]1)C(N)=O. The number of rotatable bonds is 4. The van der Waals surface area contributed by atoms with Crippen molar-refractivity contribution in [1.82, 2.24) is 9.97 Å². The van der Waals surface area contributed by atoms with Gasteiger partial charge in [-0.05, 0) is 23.5 Å². The number of aromatic nitrogens is 2. The van der Waals surface area contributed by atoms with Gasteiger partial charge in [0, 0.05) is 10.9 Å². The summed E-state index contributed by atoms with van der Waals surface area (Å²) in [5.74, 6) is -0.441. The molecule has 0 spiro atoms. The summed E-state index contributed by atoms with van der Waals surface area (Å²) < 4.78 is 0. The number of fused-ring (bicyclic) bond motifs is 1. The zero-order valence-corrected chi connectivity index (χ0v) is 16.8. The van der Waals surface area contributed by atoms with E-state index in [0.29, 0.717) is 15.4 Å². The lowest BCUT2D eigenvalue weighted by molar-refractivity contribution is -0.117. The zero-order chi connectivity index (χ0) is 19.1. The van der Waals surface area contributed by atoms with Gasteiger partial charge >= 0.3 is 0 Å². The number of primary amides is 1. The number of hydrogen-bond acceptors (Lipinski definition) is 5. The van der Waals surface area contributed by atoms with Gasteiger partial charge in [0.1, 0.15) is 4.83 Å². The molecule has 1 atom stereocenters. The van der Waals surface area contributed by atoms with E-state index in [1.165, 1.54) is 16.9 Å². The monoisotopic (exact) mass is 387 g/mol. The minimum atomic E-state index is -0.458. The van der Waals surface area contributed by atoms with Gasteiger partial charge in [0.15, 0.2) is 5.16 Å². The van der Waals surface area contributed by atoms with Crippen LogP contribution in [-0.2, 0) is 10.2 Å². The molecule has 0 aliphatic heterocycles. The van der Waals surface area contributed by atoms with Crippen LogP contribution in [0.4, 0.5) is 0 Å². The number of carbonyl (C=O) groups is 1. The third-order valence-corrected chi connectivity index (χ3v) is 6.05. The summed E-state index contributed by atoms with van der Waals surface area (Å²) in [6, 6.07) is 8.27. The first-order chi connectivity index (χ1) is 12.2. The van der Waals surface area contributed by atoms with Gasteiger partial charge < -0.3 is 10.7 Å². The third kappa shape index (κ3) is 3.68. The van der Waals surface area contributed by atoms with E-state index >= 15 is 0 Å². The fourth-order valence-electron chi connectivity index (χ4n) is 2.57. The second kappa shape index (κ2) is 6.89. The Kier molecular flexibility index (Phi) is 4.94. The van der Waals surface area contributed by atoms with Crippen LogP contribution in [0.3, 0.4) is 0 Å². The van der Waals surface area contributed by atoms with Crippen LogP contribution >= 0.6 is 23.1 Å². The highest BCUT2D eigenvalue weighted by molar-refractivity contribution is 8.00. The topological polar surface area (TPSA) is 88.8 Å². The molecule has 3 rings (SSSR count). The first kappa shape index (κ1) is 18.7. The van der Waals surface area contributed by atoms with Crippen molar-refractivity contribution in [2.75, 3.05) is 0 Å². The van der Waals surface area contributed by atoms with E-state index in [0.717, 1.165) is 22.9 Å². The van der Waals surface area contributed by atoms with Crippen LogP contribution in [0.25, 0.3) is 21.3 Å². The van der Waals surface area contributed by atoms with Crippen LogP contribution in [0.1, 0.15) is 33.3 Å². The van der Waals surface area contributed by atoms with Crippen LogP contribution in [-0.4, -0.2) is 21.1 Å². The Morgan fingerprint density at radius 1 is 1.27 bits per heavy atom. The van der Waals surface area contributed by atoms with Crippen LogP contribution < -0.4 is 11.3 Å². The predicted molar refractivity (Wildman–Crippen MR) is 109 cm³/mol. The molecule has 0 radical (unpaired) electrons. The molecule has 3 N–H and O–H groups in total. The molecule has 0 aliphatic carbocycles. The normalized spacial score (nSPS) is 13.1. The summed E-state index contributed by atoms with van der Waals surface area (Å²) in [6.45, 7) is 8.20. The van der Waals surface area contributed by atoms with E-state index in [9.17, 15) is 9.59 Å². The standard InChI is InChI=1S/C19H21N3O2S2/c1-10(15(20)23)26-18-21-16(24)14-13(9-25-17(14)22-18)11-5-7-12(8-6-11)19(2,3)4/h5-10H,1-4H3,(H2,20,23)(H,21,22,24). The Hall–Kier alpha value is -2.12. The quantitative estimate of drug-likeness (QED) is 0.525. The highest BCUT2D eigenvalue weighted by atomic mass is 32.2. The van der Waals surface area contributed by atoms with Crippen molar-refractivity contribution in [2.24, 2.45) is 5.73 Å². The maximum atomic E-state index is 12.6. The third-order valence-electron chi connectivity index (χ3n) is 4.17. The van der Waals surface area contributed by atoms with Gasteiger partial charge in [0.05, 0.1) is 10.6 Å². The van der Waals surface area contributed by atoms with Crippen molar-refractivity contribution in [1.29, 1.82) is 0 Å². The summed E-state index contributed by atoms with van der Waals surface area (Å²) in [5.41, 5.74) is 8.26. The molecule has 3 aromatic rings. The molecule has 26 heavy (non-hydrogen) atoms. The fourth-order valence-corrected chi connectivity index (χ4v) is 4.33. The molecule has 2 heterocycles. The maximum Gasteiger partial charge on any atom is 0.260 e. The molecule has 1 unspecified atom stereocenters. The van der Waals surface area contributed by atoms with Gasteiger partial charge in [-0.2, -0.15) is 0 Å². The van der Waals surface area contributed by atoms with Crippen LogP contribution in [0, 0.1) is 0 Å². The minimum absolute atomic E-state index is 0.0809. The lowest BCUT2D eigenvalue weighted by Gasteiger charge is -2.19. The molecular formula is C19H21N3O2S2. The number of benzene rings is 1. The number of thioether (sulfide) groups is 1. The van der Waals surface area contributed by atoms with E-state index in [1.54, 1.807) is 6.92 Å². The van der Waals surface area contributed by atoms with Gasteiger partial charge in [-0.25, -0.2) is 4.98 Å². The lowest BCUT2D eigenvalue weighted by Crippen LogP contribution is -2.23. The number of carbonyl (C=O) groups excluding carboxylic acids is 1. The molecule has 0 bridgehead atoms. The highest BCUT2D eigenvalue weighted by Gasteiger charge is 2.18. The Morgan fingerprint density at radius 2 is 1.92 bits per heavy atom. The van der Waals surface area contributed by atoms with Crippen molar-refractivity contribution in [3.63, 3.8) is 0 Å². The number of nitrogens with two attached hydrogens (primary N) is 1. The zero-order valence-electron chi connectivity index (χ0n) is 15.1. The lowest BCUT2D eigenvalue weighted by atomic mass is 9.86. The fraction of sp³-hybridized carbons (Fsp3) is 0.316. The van der Waals surface area contributed by atoms with Gasteiger partial charge in [-0.1, -0.05) is 56.8 Å². The van der Waals surface area contributed by atoms with E-state index in [-0.39, 0.29) is 11.0 Å². The molecule has 1 aromatic carbocycles. The molecule has 0 saturated heterocycles. The minimum Gasteiger partial charge on any atom is -0.369 e. The predicted octanol–water partition coefficient (Wildman–Crippen LogP) is 3.92. The molecule has 2 aromatic heterocycles. The van der Waals surface area contributed by atoms with Crippen LogP contribution in [0.15, 0.2) is 39.6 Å². The van der Waals surface area contributed by atoms with Crippen molar-refractivity contribution in [3.8, 4) is 11.1 Å². The van der Waals surface area contributed by atoms with Gasteiger partial charge in [0.2, 0.25) is 5.91 Å². The van der Waals surface area contributed by atoms with Crippen molar-refractivity contribution in [2.45, 2.75) is 43.5 Å². The number of thiophene rings is 1. The highest BCUT2D eigenvalue weighted by Crippen LogP contribution is 2.33. The van der Waals surface area contributed by atoms with Crippen LogP contribution in [0.5, 0.6) is 0 Å². The van der Waals surface area contributed by atoms with E-state index in [1.807, 2.05) is 17.5 Å². The van der Waals surface area contributed by atoms with E-state index in [2.05, 4.69) is 42.9 Å². The number of hydrogen-bond donors (Lipinski definition) is 2. The van der Waals surface area contributed by atoms with Crippen molar-refractivity contribution >= 4 is 39.2 Å². The number of amides is 1. The summed E-state index contributed by atoms with van der Waals surface area (Å²) in [6.07, 6.45) is 0. The molecule has 0 fully saturated rings. The molecule has 5 nitrogen and oxygen atoms in total. The summed E-state index contributed by atoms with van der Waals surface area (Å²) in [5, 5.41) is 2.48. The molecule has 0 aliphatic rings. The first-order valence-corrected chi connectivity index (χ1v) is 10.0. The number of H-pyrrole nitrogens is 1. The van der Waals surface area contributed by atoms with Gasteiger partial charge in [0.25, 0.3) is 5.56 Å². The number of nitrogens with zero attached hydrogens (tertiary/aromatic N) is 1. The largest absolute Gasteiger partial charge is 0.369 e. The second-order valence-corrected chi connectivity index (χ2v) is 9.38. The number of nitrogens with one attached hydrogen (secondary N) is 1. The Bertz CT molecular complexity index is 1010. The molecule has 7 heteroatoms. The molecule has 1 amide bonds. The van der Waals surface area contributed by atoms with E-state index in [4.69, 9.17) is 5.73 Å². The summed E-state index contributed by atoms with van der Waals surface area (Å²) >= 11 is 2.58. The smallest absolute Gasteiger partial charge is 0.260 e. The molecule has 0 saturated carbocycles.